The number of halogens is 1. The van der Waals surface area contributed by atoms with Crippen LogP contribution in [0.15, 0.2) is 12.4 Å². The highest BCUT2D eigenvalue weighted by Gasteiger charge is 2.43. The Morgan fingerprint density at radius 1 is 1.30 bits per heavy atom. The first-order valence-electron chi connectivity index (χ1n) is 8.04. The summed E-state index contributed by atoms with van der Waals surface area (Å²) in [4.78, 5) is 21.8. The number of hydrogen-bond acceptors (Lipinski definition) is 5. The fraction of sp³-hybridized carbons (Fsp3) is 0.688. The predicted molar refractivity (Wildman–Crippen MR) is 83.6 cm³/mol. The van der Waals surface area contributed by atoms with E-state index >= 15 is 0 Å². The Morgan fingerprint density at radius 3 is 2.52 bits per heavy atom. The Hall–Kier alpha value is -1.92. The fourth-order valence-corrected chi connectivity index (χ4v) is 3.59. The molecule has 2 unspecified atom stereocenters. The normalized spacial score (nSPS) is 27.0. The summed E-state index contributed by atoms with van der Waals surface area (Å²) in [5.41, 5.74) is -0.498. The first kappa shape index (κ1) is 16.0. The van der Waals surface area contributed by atoms with E-state index in [9.17, 15) is 9.18 Å². The highest BCUT2D eigenvalue weighted by molar-refractivity contribution is 5.68. The molecule has 23 heavy (non-hydrogen) atoms. The standard InChI is InChI=1S/C16H23FN4O2/c1-16(2,3)23-15(22)20-14-10-4-5-11(14)8-21(7-10)13-6-12(17)18-9-19-13/h6,9-11,14H,4-5,7-8H2,1-3H3,(H,20,22). The minimum atomic E-state index is -0.517. The van der Waals surface area contributed by atoms with Gasteiger partial charge in [0.1, 0.15) is 17.7 Å². The number of aromatic nitrogens is 2. The topological polar surface area (TPSA) is 67.3 Å². The van der Waals surface area contributed by atoms with E-state index in [1.165, 1.54) is 12.4 Å². The third-order valence-electron chi connectivity index (χ3n) is 4.46. The number of carbonyl (C=O) groups excluding carboxylic acids is 1. The zero-order valence-electron chi connectivity index (χ0n) is 13.8. The maximum Gasteiger partial charge on any atom is 0.407 e. The van der Waals surface area contributed by atoms with E-state index in [0.29, 0.717) is 17.7 Å². The van der Waals surface area contributed by atoms with Gasteiger partial charge in [-0.25, -0.2) is 14.8 Å². The van der Waals surface area contributed by atoms with Crippen molar-refractivity contribution in [1.82, 2.24) is 15.3 Å². The van der Waals surface area contributed by atoms with Crippen LogP contribution >= 0.6 is 0 Å². The maximum absolute atomic E-state index is 13.3. The van der Waals surface area contributed by atoms with E-state index in [-0.39, 0.29) is 12.1 Å². The summed E-state index contributed by atoms with van der Waals surface area (Å²) in [5.74, 6) is 0.764. The van der Waals surface area contributed by atoms with Gasteiger partial charge < -0.3 is 15.0 Å². The van der Waals surface area contributed by atoms with Crippen LogP contribution in [0.5, 0.6) is 0 Å². The van der Waals surface area contributed by atoms with Crippen molar-refractivity contribution in [3.8, 4) is 0 Å². The van der Waals surface area contributed by atoms with E-state index in [4.69, 9.17) is 4.74 Å². The van der Waals surface area contributed by atoms with Gasteiger partial charge in [-0.2, -0.15) is 4.39 Å². The van der Waals surface area contributed by atoms with E-state index in [0.717, 1.165) is 25.9 Å². The van der Waals surface area contributed by atoms with Gasteiger partial charge in [-0.15, -0.1) is 0 Å². The largest absolute Gasteiger partial charge is 0.444 e. The number of carbonyl (C=O) groups is 1. The van der Waals surface area contributed by atoms with Crippen LogP contribution in [0.4, 0.5) is 15.0 Å². The molecule has 0 spiro atoms. The Morgan fingerprint density at radius 2 is 1.96 bits per heavy atom. The van der Waals surface area contributed by atoms with Crippen molar-refractivity contribution in [3.05, 3.63) is 18.3 Å². The van der Waals surface area contributed by atoms with E-state index in [1.807, 2.05) is 20.8 Å². The molecule has 1 aliphatic carbocycles. The third kappa shape index (κ3) is 3.71. The molecule has 1 saturated carbocycles. The predicted octanol–water partition coefficient (Wildman–Crippen LogP) is 2.36. The van der Waals surface area contributed by atoms with Crippen LogP contribution in [0.1, 0.15) is 33.6 Å². The number of nitrogens with zero attached hydrogens (tertiary/aromatic N) is 3. The van der Waals surface area contributed by atoms with Gasteiger partial charge >= 0.3 is 6.09 Å². The quantitative estimate of drug-likeness (QED) is 0.847. The van der Waals surface area contributed by atoms with Gasteiger partial charge in [0.15, 0.2) is 0 Å². The monoisotopic (exact) mass is 322 g/mol. The summed E-state index contributed by atoms with van der Waals surface area (Å²) in [6, 6.07) is 1.48. The zero-order valence-corrected chi connectivity index (χ0v) is 13.8. The Kier molecular flexibility index (Phi) is 4.12. The number of rotatable bonds is 2. The number of amides is 1. The van der Waals surface area contributed by atoms with Gasteiger partial charge in [0, 0.05) is 25.2 Å². The Balaban J connectivity index is 1.64. The molecule has 1 aromatic rings. The van der Waals surface area contributed by atoms with Crippen molar-refractivity contribution < 1.29 is 13.9 Å². The molecule has 1 aliphatic heterocycles. The second kappa shape index (κ2) is 5.94. The van der Waals surface area contributed by atoms with Gasteiger partial charge in [0.25, 0.3) is 0 Å². The van der Waals surface area contributed by atoms with Crippen LogP contribution in [0.2, 0.25) is 0 Å². The molecule has 1 aromatic heterocycles. The minimum Gasteiger partial charge on any atom is -0.444 e. The summed E-state index contributed by atoms with van der Waals surface area (Å²) in [5, 5.41) is 3.03. The zero-order chi connectivity index (χ0) is 16.6. The van der Waals surface area contributed by atoms with Crippen LogP contribution < -0.4 is 10.2 Å². The molecular formula is C16H23FN4O2. The molecule has 2 bridgehead atoms. The average Bonchev–Trinajstić information content (AvgIpc) is 2.68. The van der Waals surface area contributed by atoms with Crippen molar-refractivity contribution in [3.63, 3.8) is 0 Å². The molecule has 2 heterocycles. The lowest BCUT2D eigenvalue weighted by Crippen LogP contribution is -2.53. The van der Waals surface area contributed by atoms with Gasteiger partial charge in [-0.3, -0.25) is 0 Å². The van der Waals surface area contributed by atoms with Gasteiger partial charge in [0.05, 0.1) is 0 Å². The third-order valence-corrected chi connectivity index (χ3v) is 4.46. The van der Waals surface area contributed by atoms with Crippen molar-refractivity contribution in [2.45, 2.75) is 45.3 Å². The smallest absolute Gasteiger partial charge is 0.407 e. The molecule has 0 radical (unpaired) electrons. The number of piperidine rings is 1. The van der Waals surface area contributed by atoms with E-state index in [2.05, 4.69) is 20.2 Å². The van der Waals surface area contributed by atoms with E-state index in [1.54, 1.807) is 0 Å². The lowest BCUT2D eigenvalue weighted by atomic mass is 9.92. The fourth-order valence-electron chi connectivity index (χ4n) is 3.59. The summed E-state index contributed by atoms with van der Waals surface area (Å²) in [6.07, 6.45) is 2.99. The molecule has 1 N–H and O–H groups in total. The minimum absolute atomic E-state index is 0.118. The molecule has 3 rings (SSSR count). The summed E-state index contributed by atoms with van der Waals surface area (Å²) >= 11 is 0. The molecule has 6 nitrogen and oxygen atoms in total. The molecule has 2 fully saturated rings. The SMILES string of the molecule is CC(C)(C)OC(=O)NC1C2CCC1CN(c1cc(F)ncn1)C2. The number of anilines is 1. The van der Waals surface area contributed by atoms with Crippen LogP contribution in [0.25, 0.3) is 0 Å². The van der Waals surface area contributed by atoms with Crippen LogP contribution in [0.3, 0.4) is 0 Å². The van der Waals surface area contributed by atoms with Crippen LogP contribution in [0, 0.1) is 17.8 Å². The summed E-state index contributed by atoms with van der Waals surface area (Å²) < 4.78 is 18.6. The Labute approximate surface area is 135 Å². The van der Waals surface area contributed by atoms with Crippen LogP contribution in [-0.4, -0.2) is 40.8 Å². The molecule has 126 valence electrons. The maximum atomic E-state index is 13.3. The Bertz CT molecular complexity index is 576. The number of nitrogens with one attached hydrogen (secondary N) is 1. The lowest BCUT2D eigenvalue weighted by Gasteiger charge is -2.39. The summed E-state index contributed by atoms with van der Waals surface area (Å²) in [6.45, 7) is 7.08. The highest BCUT2D eigenvalue weighted by atomic mass is 19.1. The molecule has 0 aromatic carbocycles. The highest BCUT2D eigenvalue weighted by Crippen LogP contribution is 2.38. The molecule has 2 atom stereocenters. The first-order chi connectivity index (χ1) is 10.8. The molecule has 2 aliphatic rings. The van der Waals surface area contributed by atoms with Crippen molar-refractivity contribution in [2.75, 3.05) is 18.0 Å². The number of hydrogen-bond donors (Lipinski definition) is 1. The van der Waals surface area contributed by atoms with Crippen molar-refractivity contribution in [1.29, 1.82) is 0 Å². The van der Waals surface area contributed by atoms with Gasteiger partial charge in [-0.1, -0.05) is 0 Å². The number of ether oxygens (including phenoxy) is 1. The number of fused-ring (bicyclic) bond motifs is 2. The van der Waals surface area contributed by atoms with Crippen LogP contribution in [-0.2, 0) is 4.74 Å². The average molecular weight is 322 g/mol. The molecule has 1 amide bonds. The second-order valence-corrected chi connectivity index (χ2v) is 7.37. The first-order valence-corrected chi connectivity index (χ1v) is 8.04. The molecular weight excluding hydrogens is 299 g/mol. The second-order valence-electron chi connectivity index (χ2n) is 7.37. The van der Waals surface area contributed by atoms with Gasteiger partial charge in [-0.05, 0) is 45.4 Å². The molecule has 7 heteroatoms. The van der Waals surface area contributed by atoms with Crippen molar-refractivity contribution >= 4 is 11.9 Å². The van der Waals surface area contributed by atoms with E-state index < -0.39 is 11.5 Å². The molecule has 1 saturated heterocycles. The van der Waals surface area contributed by atoms with Gasteiger partial charge in [0.2, 0.25) is 5.95 Å². The number of alkyl carbamates (subject to hydrolysis) is 1. The lowest BCUT2D eigenvalue weighted by molar-refractivity contribution is 0.0472. The summed E-state index contributed by atoms with van der Waals surface area (Å²) in [7, 11) is 0. The van der Waals surface area contributed by atoms with Crippen molar-refractivity contribution in [2.24, 2.45) is 11.8 Å².